The van der Waals surface area contributed by atoms with Crippen LogP contribution in [-0.4, -0.2) is 43.6 Å². The summed E-state index contributed by atoms with van der Waals surface area (Å²) in [6.07, 6.45) is 2.02. The normalized spacial score (nSPS) is 16.5. The molecule has 2 N–H and O–H groups in total. The first-order valence-electron chi connectivity index (χ1n) is 5.78. The maximum atomic E-state index is 11.6. The third-order valence-electron chi connectivity index (χ3n) is 2.80. The molecule has 1 aliphatic rings. The van der Waals surface area contributed by atoms with Gasteiger partial charge >= 0.3 is 6.03 Å². The Morgan fingerprint density at radius 2 is 1.94 bits per heavy atom. The third kappa shape index (κ3) is 2.95. The highest BCUT2D eigenvalue weighted by molar-refractivity contribution is 7.98. The van der Waals surface area contributed by atoms with Gasteiger partial charge in [-0.25, -0.2) is 14.8 Å². The number of urea groups is 1. The largest absolute Gasteiger partial charge is 0.379 e. The smallest absolute Gasteiger partial charge is 0.334 e. The number of primary amides is 1. The molecule has 0 aromatic heterocycles. The van der Waals surface area contributed by atoms with E-state index in [0.29, 0.717) is 26.3 Å². The second-order valence-electron chi connectivity index (χ2n) is 3.91. The van der Waals surface area contributed by atoms with Crippen LogP contribution in [0.4, 0.5) is 10.5 Å². The fourth-order valence-electron chi connectivity index (χ4n) is 1.91. The quantitative estimate of drug-likeness (QED) is 0.844. The minimum absolute atomic E-state index is 0.464. The molecule has 1 aliphatic heterocycles. The molecule has 6 heteroatoms. The summed E-state index contributed by atoms with van der Waals surface area (Å²) >= 11 is 1.66. The first kappa shape index (κ1) is 13.2. The summed E-state index contributed by atoms with van der Waals surface area (Å²) in [5.41, 5.74) is 6.26. The maximum Gasteiger partial charge on any atom is 0.334 e. The Bertz CT molecular complexity index is 404. The third-order valence-corrected chi connectivity index (χ3v) is 3.54. The fraction of sp³-hybridized carbons (Fsp3) is 0.417. The van der Waals surface area contributed by atoms with Crippen LogP contribution in [0.3, 0.4) is 0 Å². The zero-order chi connectivity index (χ0) is 13.0. The van der Waals surface area contributed by atoms with Gasteiger partial charge in [0.15, 0.2) is 0 Å². The fourth-order valence-corrected chi connectivity index (χ4v) is 2.32. The van der Waals surface area contributed by atoms with Crippen LogP contribution in [0, 0.1) is 0 Å². The van der Waals surface area contributed by atoms with Gasteiger partial charge in [-0.15, -0.1) is 11.8 Å². The first-order chi connectivity index (χ1) is 8.72. The molecule has 1 fully saturated rings. The Morgan fingerprint density at radius 3 is 2.44 bits per heavy atom. The number of nitrogens with two attached hydrogens (primary N) is 1. The van der Waals surface area contributed by atoms with Crippen molar-refractivity contribution in [3.63, 3.8) is 0 Å². The Morgan fingerprint density at radius 1 is 1.33 bits per heavy atom. The number of carbonyl (C=O) groups is 1. The maximum absolute atomic E-state index is 11.6. The Hall–Kier alpha value is -1.24. The molecule has 1 aromatic rings. The summed E-state index contributed by atoms with van der Waals surface area (Å²) in [7, 11) is 0. The van der Waals surface area contributed by atoms with Crippen molar-refractivity contribution in [2.75, 3.05) is 37.6 Å². The molecule has 0 aliphatic carbocycles. The number of morpholine rings is 1. The highest BCUT2D eigenvalue weighted by Gasteiger charge is 2.23. The number of benzene rings is 1. The molecular formula is C12H17N3O2S. The van der Waals surface area contributed by atoms with E-state index in [-0.39, 0.29) is 0 Å². The van der Waals surface area contributed by atoms with Gasteiger partial charge in [0.1, 0.15) is 0 Å². The van der Waals surface area contributed by atoms with Crippen molar-refractivity contribution in [3.05, 3.63) is 24.3 Å². The predicted molar refractivity (Wildman–Crippen MR) is 72.7 cm³/mol. The zero-order valence-electron chi connectivity index (χ0n) is 10.3. The van der Waals surface area contributed by atoms with E-state index in [1.165, 1.54) is 5.01 Å². The minimum atomic E-state index is -0.464. The van der Waals surface area contributed by atoms with Crippen LogP contribution >= 0.6 is 11.8 Å². The van der Waals surface area contributed by atoms with Crippen molar-refractivity contribution in [2.45, 2.75) is 4.90 Å². The number of rotatable bonds is 3. The van der Waals surface area contributed by atoms with Crippen LogP contribution in [0.1, 0.15) is 0 Å². The Balaban J connectivity index is 2.20. The molecule has 0 radical (unpaired) electrons. The van der Waals surface area contributed by atoms with Gasteiger partial charge in [0.25, 0.3) is 0 Å². The van der Waals surface area contributed by atoms with Crippen molar-refractivity contribution < 1.29 is 9.53 Å². The summed E-state index contributed by atoms with van der Waals surface area (Å²) in [4.78, 5) is 12.8. The lowest BCUT2D eigenvalue weighted by Gasteiger charge is -2.36. The number of thioether (sulfide) groups is 1. The number of amides is 2. The summed E-state index contributed by atoms with van der Waals surface area (Å²) in [5.74, 6) is 0. The van der Waals surface area contributed by atoms with Gasteiger partial charge in [0, 0.05) is 18.0 Å². The SMILES string of the molecule is CSc1ccc(N(C(N)=O)N2CCOCC2)cc1. The van der Waals surface area contributed by atoms with Crippen LogP contribution in [0.5, 0.6) is 0 Å². The van der Waals surface area contributed by atoms with E-state index in [1.807, 2.05) is 35.5 Å². The van der Waals surface area contributed by atoms with E-state index in [1.54, 1.807) is 11.8 Å². The molecule has 1 heterocycles. The van der Waals surface area contributed by atoms with E-state index in [4.69, 9.17) is 10.5 Å². The predicted octanol–water partition coefficient (Wildman–Crippen LogP) is 1.54. The monoisotopic (exact) mass is 267 g/mol. The second-order valence-corrected chi connectivity index (χ2v) is 4.79. The van der Waals surface area contributed by atoms with E-state index in [2.05, 4.69) is 0 Å². The summed E-state index contributed by atoms with van der Waals surface area (Å²) in [6.45, 7) is 2.58. The highest BCUT2D eigenvalue weighted by Crippen LogP contribution is 2.22. The van der Waals surface area contributed by atoms with Crippen LogP contribution in [-0.2, 0) is 4.74 Å². The second kappa shape index (κ2) is 6.08. The van der Waals surface area contributed by atoms with E-state index in [0.717, 1.165) is 10.6 Å². The van der Waals surface area contributed by atoms with Crippen LogP contribution in [0.15, 0.2) is 29.2 Å². The molecule has 0 saturated carbocycles. The lowest BCUT2D eigenvalue weighted by atomic mass is 10.3. The minimum Gasteiger partial charge on any atom is -0.379 e. The van der Waals surface area contributed by atoms with Gasteiger partial charge in [0.05, 0.1) is 18.9 Å². The van der Waals surface area contributed by atoms with Gasteiger partial charge in [-0.3, -0.25) is 0 Å². The molecule has 5 nitrogen and oxygen atoms in total. The van der Waals surface area contributed by atoms with Crippen molar-refractivity contribution in [1.29, 1.82) is 0 Å². The topological polar surface area (TPSA) is 58.8 Å². The number of ether oxygens (including phenoxy) is 1. The standard InChI is InChI=1S/C12H17N3O2S/c1-18-11-4-2-10(3-5-11)15(12(13)16)14-6-8-17-9-7-14/h2-5H,6-9H2,1H3,(H2,13,16). The number of hydrogen-bond acceptors (Lipinski definition) is 4. The molecule has 0 bridgehead atoms. The molecule has 1 aromatic carbocycles. The van der Waals surface area contributed by atoms with Crippen molar-refractivity contribution >= 4 is 23.5 Å². The summed E-state index contributed by atoms with van der Waals surface area (Å²) < 4.78 is 5.28. The van der Waals surface area contributed by atoms with Crippen LogP contribution in [0.2, 0.25) is 0 Å². The molecule has 18 heavy (non-hydrogen) atoms. The average molecular weight is 267 g/mol. The van der Waals surface area contributed by atoms with E-state index < -0.39 is 6.03 Å². The molecular weight excluding hydrogens is 250 g/mol. The van der Waals surface area contributed by atoms with Crippen LogP contribution in [0.25, 0.3) is 0 Å². The van der Waals surface area contributed by atoms with E-state index >= 15 is 0 Å². The Kier molecular flexibility index (Phi) is 4.46. The number of hydrazine groups is 1. The van der Waals surface area contributed by atoms with Gasteiger partial charge in [-0.2, -0.15) is 0 Å². The number of carbonyl (C=O) groups excluding carboxylic acids is 1. The molecule has 0 spiro atoms. The molecule has 2 rings (SSSR count). The molecule has 0 unspecified atom stereocenters. The Labute approximate surface area is 111 Å². The molecule has 2 amide bonds. The highest BCUT2D eigenvalue weighted by atomic mass is 32.2. The number of anilines is 1. The zero-order valence-corrected chi connectivity index (χ0v) is 11.2. The van der Waals surface area contributed by atoms with Crippen molar-refractivity contribution in [2.24, 2.45) is 5.73 Å². The van der Waals surface area contributed by atoms with Crippen molar-refractivity contribution in [3.8, 4) is 0 Å². The lowest BCUT2D eigenvalue weighted by Crippen LogP contribution is -2.53. The lowest BCUT2D eigenvalue weighted by molar-refractivity contribution is 0.0364. The molecule has 0 atom stereocenters. The number of hydrogen-bond donors (Lipinski definition) is 1. The summed E-state index contributed by atoms with van der Waals surface area (Å²) in [5, 5.41) is 3.44. The molecule has 98 valence electrons. The van der Waals surface area contributed by atoms with Crippen molar-refractivity contribution in [1.82, 2.24) is 5.01 Å². The van der Waals surface area contributed by atoms with Gasteiger partial charge < -0.3 is 10.5 Å². The summed E-state index contributed by atoms with van der Waals surface area (Å²) in [6, 6.07) is 7.32. The average Bonchev–Trinajstić information content (AvgIpc) is 2.40. The van der Waals surface area contributed by atoms with Gasteiger partial charge in [0.2, 0.25) is 0 Å². The first-order valence-corrected chi connectivity index (χ1v) is 7.01. The van der Waals surface area contributed by atoms with Crippen LogP contribution < -0.4 is 10.7 Å². The van der Waals surface area contributed by atoms with Gasteiger partial charge in [-0.1, -0.05) is 0 Å². The van der Waals surface area contributed by atoms with E-state index in [9.17, 15) is 4.79 Å². The van der Waals surface area contributed by atoms with Gasteiger partial charge in [-0.05, 0) is 30.5 Å². The molecule has 1 saturated heterocycles. The number of nitrogens with zero attached hydrogens (tertiary/aromatic N) is 2.